The molecule has 1 heterocycles. The number of hydrogen-bond donors (Lipinski definition) is 0. The zero-order chi connectivity index (χ0) is 16.0. The summed E-state index contributed by atoms with van der Waals surface area (Å²) in [6.45, 7) is 3.22. The summed E-state index contributed by atoms with van der Waals surface area (Å²) in [5, 5.41) is 0. The Morgan fingerprint density at radius 1 is 1.27 bits per heavy atom. The fraction of sp³-hybridized carbons (Fsp3) is 0.400. The predicted octanol–water partition coefficient (Wildman–Crippen LogP) is 2.68. The number of sulfonamides is 1. The lowest BCUT2D eigenvalue weighted by Crippen LogP contribution is -2.32. The number of nitrogens with zero attached hydrogens (tertiary/aromatic N) is 2. The summed E-state index contributed by atoms with van der Waals surface area (Å²) < 4.78 is 32.2. The fourth-order valence-electron chi connectivity index (χ4n) is 2.02. The van der Waals surface area contributed by atoms with Gasteiger partial charge in [0.2, 0.25) is 10.0 Å². The van der Waals surface area contributed by atoms with Gasteiger partial charge in [-0.05, 0) is 25.5 Å². The molecule has 1 aromatic heterocycles. The molecular weight excluding hydrogens is 320 g/mol. The van der Waals surface area contributed by atoms with E-state index in [0.717, 1.165) is 10.4 Å². The number of aromatic nitrogens is 1. The monoisotopic (exact) mass is 340 g/mol. The van der Waals surface area contributed by atoms with Crippen LogP contribution < -0.4 is 0 Å². The van der Waals surface area contributed by atoms with E-state index in [9.17, 15) is 8.42 Å². The molecule has 0 radical (unpaired) electrons. The van der Waals surface area contributed by atoms with Crippen LogP contribution in [0.1, 0.15) is 16.9 Å². The van der Waals surface area contributed by atoms with Crippen molar-refractivity contribution in [1.82, 2.24) is 9.29 Å². The number of benzene rings is 1. The Bertz CT molecular complexity index is 667. The molecule has 1 aromatic carbocycles. The first-order valence-electron chi connectivity index (χ1n) is 6.97. The topological polar surface area (TPSA) is 59.5 Å². The van der Waals surface area contributed by atoms with E-state index in [1.54, 1.807) is 30.9 Å². The predicted molar refractivity (Wildman–Crippen MR) is 87.4 cm³/mol. The summed E-state index contributed by atoms with van der Waals surface area (Å²) in [5.41, 5.74) is 2.74. The Hall–Kier alpha value is -1.28. The van der Waals surface area contributed by atoms with Crippen LogP contribution in [0.4, 0.5) is 0 Å². The molecule has 2 rings (SSSR count). The van der Waals surface area contributed by atoms with Gasteiger partial charge >= 0.3 is 0 Å². The normalized spacial score (nSPS) is 12.0. The number of aryl methyl sites for hydroxylation is 1. The molecule has 120 valence electrons. The molecule has 22 heavy (non-hydrogen) atoms. The Morgan fingerprint density at radius 2 is 2.00 bits per heavy atom. The van der Waals surface area contributed by atoms with Gasteiger partial charge in [-0.1, -0.05) is 17.7 Å². The summed E-state index contributed by atoms with van der Waals surface area (Å²) in [6, 6.07) is 6.93. The molecule has 2 aromatic rings. The highest BCUT2D eigenvalue weighted by atomic mass is 32.2. The number of thiazole rings is 1. The second kappa shape index (κ2) is 7.82. The summed E-state index contributed by atoms with van der Waals surface area (Å²) in [5.74, 6) is 0. The zero-order valence-corrected chi connectivity index (χ0v) is 14.4. The van der Waals surface area contributed by atoms with Gasteiger partial charge in [0.15, 0.2) is 0 Å². The quantitative estimate of drug-likeness (QED) is 0.693. The Labute approximate surface area is 135 Å². The number of ether oxygens (including phenoxy) is 1. The minimum absolute atomic E-state index is 0.319. The van der Waals surface area contributed by atoms with Gasteiger partial charge in [0.05, 0.1) is 10.4 Å². The van der Waals surface area contributed by atoms with E-state index in [1.807, 2.05) is 19.1 Å². The molecule has 5 nitrogen and oxygen atoms in total. The molecule has 0 bridgehead atoms. The van der Waals surface area contributed by atoms with Crippen molar-refractivity contribution in [2.45, 2.75) is 24.8 Å². The third-order valence-electron chi connectivity index (χ3n) is 3.23. The van der Waals surface area contributed by atoms with Crippen LogP contribution in [-0.4, -0.2) is 38.0 Å². The molecular formula is C15H20N2O3S2. The van der Waals surface area contributed by atoms with Gasteiger partial charge in [-0.25, -0.2) is 8.42 Å². The molecule has 0 aliphatic heterocycles. The maximum Gasteiger partial charge on any atom is 0.243 e. The molecule has 0 unspecified atom stereocenters. The van der Waals surface area contributed by atoms with Crippen molar-refractivity contribution < 1.29 is 13.2 Å². The van der Waals surface area contributed by atoms with E-state index in [-0.39, 0.29) is 0 Å². The van der Waals surface area contributed by atoms with Crippen LogP contribution >= 0.6 is 11.3 Å². The maximum absolute atomic E-state index is 12.8. The van der Waals surface area contributed by atoms with Gasteiger partial charge in [0, 0.05) is 37.9 Å². The smallest absolute Gasteiger partial charge is 0.243 e. The molecule has 0 saturated heterocycles. The fourth-order valence-corrected chi connectivity index (χ4v) is 4.17. The van der Waals surface area contributed by atoms with Crippen molar-refractivity contribution in [2.75, 3.05) is 20.3 Å². The SMILES string of the molecule is COCCCN(Cc1cncs1)S(=O)(=O)c1ccc(C)cc1. The van der Waals surface area contributed by atoms with Crippen molar-refractivity contribution >= 4 is 21.4 Å². The zero-order valence-electron chi connectivity index (χ0n) is 12.7. The first kappa shape index (κ1) is 17.1. The molecule has 0 spiro atoms. The highest BCUT2D eigenvalue weighted by molar-refractivity contribution is 7.89. The highest BCUT2D eigenvalue weighted by Gasteiger charge is 2.24. The van der Waals surface area contributed by atoms with Gasteiger partial charge < -0.3 is 4.74 Å². The second-order valence-electron chi connectivity index (χ2n) is 4.97. The summed E-state index contributed by atoms with van der Waals surface area (Å²) in [6.07, 6.45) is 2.36. The number of hydrogen-bond acceptors (Lipinski definition) is 5. The van der Waals surface area contributed by atoms with Gasteiger partial charge in [0.25, 0.3) is 0 Å². The van der Waals surface area contributed by atoms with Gasteiger partial charge in [-0.3, -0.25) is 4.98 Å². The molecule has 7 heteroatoms. The van der Waals surface area contributed by atoms with E-state index in [0.29, 0.717) is 31.0 Å². The largest absolute Gasteiger partial charge is 0.385 e. The third-order valence-corrected chi connectivity index (χ3v) is 5.85. The Morgan fingerprint density at radius 3 is 2.59 bits per heavy atom. The van der Waals surface area contributed by atoms with Crippen molar-refractivity contribution in [3.63, 3.8) is 0 Å². The van der Waals surface area contributed by atoms with Crippen molar-refractivity contribution in [2.24, 2.45) is 0 Å². The van der Waals surface area contributed by atoms with E-state index < -0.39 is 10.0 Å². The van der Waals surface area contributed by atoms with E-state index >= 15 is 0 Å². The number of rotatable bonds is 8. The molecule has 0 fully saturated rings. The minimum atomic E-state index is -3.52. The van der Waals surface area contributed by atoms with Crippen molar-refractivity contribution in [3.8, 4) is 0 Å². The lowest BCUT2D eigenvalue weighted by molar-refractivity contribution is 0.187. The van der Waals surface area contributed by atoms with Crippen molar-refractivity contribution in [1.29, 1.82) is 0 Å². The average Bonchev–Trinajstić information content (AvgIpc) is 3.00. The van der Waals surface area contributed by atoms with Gasteiger partial charge in [-0.15, -0.1) is 11.3 Å². The molecule has 0 amide bonds. The van der Waals surface area contributed by atoms with Gasteiger partial charge in [0.1, 0.15) is 0 Å². The molecule has 0 N–H and O–H groups in total. The Balaban J connectivity index is 2.23. The maximum atomic E-state index is 12.8. The first-order valence-corrected chi connectivity index (χ1v) is 9.29. The lowest BCUT2D eigenvalue weighted by Gasteiger charge is -2.21. The van der Waals surface area contributed by atoms with Crippen LogP contribution in [0.15, 0.2) is 40.9 Å². The van der Waals surface area contributed by atoms with Gasteiger partial charge in [-0.2, -0.15) is 4.31 Å². The van der Waals surface area contributed by atoms with E-state index in [1.165, 1.54) is 15.6 Å². The van der Waals surface area contributed by atoms with Crippen molar-refractivity contribution in [3.05, 3.63) is 46.4 Å². The van der Waals surface area contributed by atoms with Crippen LogP contribution in [0.2, 0.25) is 0 Å². The van der Waals surface area contributed by atoms with Crippen LogP contribution in [0.5, 0.6) is 0 Å². The first-order chi connectivity index (χ1) is 10.5. The van der Waals surface area contributed by atoms with Crippen LogP contribution in [0.25, 0.3) is 0 Å². The van der Waals surface area contributed by atoms with Crippen LogP contribution in [0, 0.1) is 6.92 Å². The standard InChI is InChI=1S/C15H20N2O3S2/c1-13-4-6-15(7-5-13)22(18,19)17(8-3-9-20-2)11-14-10-16-12-21-14/h4-7,10,12H,3,8-9,11H2,1-2H3. The Kier molecular flexibility index (Phi) is 6.07. The lowest BCUT2D eigenvalue weighted by atomic mass is 10.2. The molecule has 0 atom stereocenters. The summed E-state index contributed by atoms with van der Waals surface area (Å²) >= 11 is 1.46. The van der Waals surface area contributed by atoms with E-state index in [2.05, 4.69) is 4.98 Å². The summed E-state index contributed by atoms with van der Waals surface area (Å²) in [7, 11) is -1.90. The second-order valence-corrected chi connectivity index (χ2v) is 7.87. The van der Waals surface area contributed by atoms with Crippen LogP contribution in [0.3, 0.4) is 0 Å². The summed E-state index contributed by atoms with van der Waals surface area (Å²) in [4.78, 5) is 5.25. The number of methoxy groups -OCH3 is 1. The molecule has 0 aliphatic carbocycles. The van der Waals surface area contributed by atoms with Crippen LogP contribution in [-0.2, 0) is 21.3 Å². The molecule has 0 saturated carbocycles. The van der Waals surface area contributed by atoms with E-state index in [4.69, 9.17) is 4.74 Å². The molecule has 0 aliphatic rings. The average molecular weight is 340 g/mol. The minimum Gasteiger partial charge on any atom is -0.385 e. The third kappa shape index (κ3) is 4.36. The highest BCUT2D eigenvalue weighted by Crippen LogP contribution is 2.20.